The highest BCUT2D eigenvalue weighted by molar-refractivity contribution is 5.91. The molecule has 2 aromatic carbocycles. The molecule has 0 radical (unpaired) electrons. The monoisotopic (exact) mass is 322 g/mol. The van der Waals surface area contributed by atoms with Crippen LogP contribution in [0.3, 0.4) is 0 Å². The van der Waals surface area contributed by atoms with Gasteiger partial charge in [-0.3, -0.25) is 0 Å². The maximum Gasteiger partial charge on any atom is 0.183 e. The van der Waals surface area contributed by atoms with Crippen molar-refractivity contribution in [2.75, 3.05) is 0 Å². The molecule has 0 bridgehead atoms. The first kappa shape index (κ1) is 13.9. The molecular weight excluding hydrogens is 308 g/mol. The lowest BCUT2D eigenvalue weighted by Crippen LogP contribution is -1.98. The molecular formula is C21H14N4. The molecule has 0 aliphatic rings. The van der Waals surface area contributed by atoms with E-state index in [2.05, 4.69) is 40.4 Å². The van der Waals surface area contributed by atoms with E-state index in [0.717, 1.165) is 33.5 Å². The highest BCUT2D eigenvalue weighted by atomic mass is 15.3. The summed E-state index contributed by atoms with van der Waals surface area (Å²) in [5.74, 6) is 0. The van der Waals surface area contributed by atoms with Gasteiger partial charge in [-0.15, -0.1) is 5.10 Å². The number of hydrogen-bond donors (Lipinski definition) is 0. The summed E-state index contributed by atoms with van der Waals surface area (Å²) in [6.45, 7) is 0. The Kier molecular flexibility index (Phi) is 3.07. The normalized spacial score (nSPS) is 11.2. The first-order valence-corrected chi connectivity index (χ1v) is 8.15. The first-order chi connectivity index (χ1) is 12.4. The number of aromatic nitrogens is 4. The second kappa shape index (κ2) is 5.53. The molecule has 0 aliphatic carbocycles. The Hall–Kier alpha value is -3.53. The minimum atomic E-state index is 0.706. The van der Waals surface area contributed by atoms with Crippen LogP contribution < -0.4 is 0 Å². The summed E-state index contributed by atoms with van der Waals surface area (Å²) in [5.41, 5.74) is 5.64. The average Bonchev–Trinajstić information content (AvgIpc) is 3.07. The topological polar surface area (TPSA) is 43.1 Å². The second-order valence-corrected chi connectivity index (χ2v) is 5.87. The number of fused-ring (bicyclic) bond motifs is 3. The van der Waals surface area contributed by atoms with E-state index in [4.69, 9.17) is 4.98 Å². The minimum absolute atomic E-state index is 0.706. The van der Waals surface area contributed by atoms with E-state index in [0.29, 0.717) is 5.65 Å². The zero-order valence-electron chi connectivity index (χ0n) is 13.4. The molecule has 0 aliphatic heterocycles. The van der Waals surface area contributed by atoms with Gasteiger partial charge < -0.3 is 0 Å². The van der Waals surface area contributed by atoms with Crippen molar-refractivity contribution in [2.45, 2.75) is 0 Å². The minimum Gasteiger partial charge on any atom is -0.235 e. The number of benzene rings is 2. The molecule has 0 amide bonds. The van der Waals surface area contributed by atoms with E-state index in [9.17, 15) is 0 Å². The summed E-state index contributed by atoms with van der Waals surface area (Å²) < 4.78 is 1.89. The average molecular weight is 322 g/mol. The van der Waals surface area contributed by atoms with Crippen molar-refractivity contribution in [3.05, 3.63) is 85.1 Å². The molecule has 0 saturated carbocycles. The predicted molar refractivity (Wildman–Crippen MR) is 99.2 cm³/mol. The molecule has 3 aromatic heterocycles. The van der Waals surface area contributed by atoms with E-state index in [1.165, 1.54) is 0 Å². The molecule has 4 heteroatoms. The summed E-state index contributed by atoms with van der Waals surface area (Å²) in [4.78, 5) is 9.26. The number of rotatable bonds is 2. The van der Waals surface area contributed by atoms with E-state index in [1.54, 1.807) is 6.20 Å². The molecule has 118 valence electrons. The van der Waals surface area contributed by atoms with Gasteiger partial charge in [0, 0.05) is 17.3 Å². The van der Waals surface area contributed by atoms with Crippen molar-refractivity contribution in [1.82, 2.24) is 19.6 Å². The maximum atomic E-state index is 4.88. The molecule has 0 N–H and O–H groups in total. The number of hydrogen-bond acceptors (Lipinski definition) is 3. The molecule has 0 unspecified atom stereocenters. The number of nitrogens with zero attached hydrogens (tertiary/aromatic N) is 4. The third-order valence-electron chi connectivity index (χ3n) is 4.29. The fraction of sp³-hybridized carbons (Fsp3) is 0. The van der Waals surface area contributed by atoms with Gasteiger partial charge in [-0.25, -0.2) is 14.5 Å². The molecule has 0 atom stereocenters. The van der Waals surface area contributed by atoms with Gasteiger partial charge in [-0.1, -0.05) is 60.7 Å². The molecule has 4 nitrogen and oxygen atoms in total. The van der Waals surface area contributed by atoms with Crippen LogP contribution in [0.15, 0.2) is 85.1 Å². The maximum absolute atomic E-state index is 4.88. The zero-order chi connectivity index (χ0) is 16.6. The third-order valence-corrected chi connectivity index (χ3v) is 4.29. The van der Waals surface area contributed by atoms with Gasteiger partial charge in [0.05, 0.1) is 16.8 Å². The van der Waals surface area contributed by atoms with Crippen molar-refractivity contribution < 1.29 is 0 Å². The fourth-order valence-electron chi connectivity index (χ4n) is 3.09. The van der Waals surface area contributed by atoms with Crippen LogP contribution in [-0.2, 0) is 0 Å². The Bertz CT molecular complexity index is 1180. The second-order valence-electron chi connectivity index (χ2n) is 5.87. The molecule has 3 heterocycles. The Morgan fingerprint density at radius 3 is 2.20 bits per heavy atom. The summed E-state index contributed by atoms with van der Waals surface area (Å²) >= 11 is 0. The van der Waals surface area contributed by atoms with Gasteiger partial charge in [-0.05, 0) is 18.2 Å². The Morgan fingerprint density at radius 1 is 0.720 bits per heavy atom. The van der Waals surface area contributed by atoms with Gasteiger partial charge in [-0.2, -0.15) is 0 Å². The van der Waals surface area contributed by atoms with Crippen molar-refractivity contribution in [2.24, 2.45) is 0 Å². The molecule has 0 fully saturated rings. The highest BCUT2D eigenvalue weighted by Crippen LogP contribution is 2.28. The Balaban J connectivity index is 1.90. The highest BCUT2D eigenvalue weighted by Gasteiger charge is 2.14. The van der Waals surface area contributed by atoms with Crippen LogP contribution >= 0.6 is 0 Å². The third kappa shape index (κ3) is 2.27. The predicted octanol–water partition coefficient (Wildman–Crippen LogP) is 4.61. The summed E-state index contributed by atoms with van der Waals surface area (Å²) in [6, 6.07) is 26.5. The largest absolute Gasteiger partial charge is 0.235 e. The van der Waals surface area contributed by atoms with Gasteiger partial charge in [0.15, 0.2) is 11.3 Å². The van der Waals surface area contributed by atoms with Gasteiger partial charge in [0.1, 0.15) is 0 Å². The van der Waals surface area contributed by atoms with Crippen molar-refractivity contribution in [1.29, 1.82) is 0 Å². The lowest BCUT2D eigenvalue weighted by Gasteiger charge is -2.08. The van der Waals surface area contributed by atoms with E-state index in [-0.39, 0.29) is 0 Å². The zero-order valence-corrected chi connectivity index (χ0v) is 13.4. The molecule has 5 aromatic rings. The summed E-state index contributed by atoms with van der Waals surface area (Å²) in [5, 5.41) is 5.63. The lowest BCUT2D eigenvalue weighted by atomic mass is 10.1. The summed E-state index contributed by atoms with van der Waals surface area (Å²) in [6.07, 6.45) is 1.76. The van der Waals surface area contributed by atoms with Crippen LogP contribution in [0.5, 0.6) is 0 Å². The van der Waals surface area contributed by atoms with Crippen molar-refractivity contribution >= 4 is 16.7 Å². The van der Waals surface area contributed by atoms with Crippen LogP contribution in [0.4, 0.5) is 0 Å². The SMILES string of the molecule is c1ccc(-c2cc(-c3ccccc3)n3nc4ncccc4c3n2)cc1. The molecule has 5 rings (SSSR count). The van der Waals surface area contributed by atoms with Crippen LogP contribution in [0.25, 0.3) is 39.2 Å². The number of pyridine rings is 1. The smallest absolute Gasteiger partial charge is 0.183 e. The van der Waals surface area contributed by atoms with Crippen LogP contribution in [0.2, 0.25) is 0 Å². The molecule has 25 heavy (non-hydrogen) atoms. The van der Waals surface area contributed by atoms with Gasteiger partial charge in [0.25, 0.3) is 0 Å². The van der Waals surface area contributed by atoms with Crippen molar-refractivity contribution in [3.8, 4) is 22.5 Å². The quantitative estimate of drug-likeness (QED) is 0.476. The van der Waals surface area contributed by atoms with E-state index >= 15 is 0 Å². The fourth-order valence-corrected chi connectivity index (χ4v) is 3.09. The molecule has 0 spiro atoms. The van der Waals surface area contributed by atoms with Crippen molar-refractivity contribution in [3.63, 3.8) is 0 Å². The van der Waals surface area contributed by atoms with E-state index in [1.807, 2.05) is 53.0 Å². The first-order valence-electron chi connectivity index (χ1n) is 8.15. The lowest BCUT2D eigenvalue weighted by molar-refractivity contribution is 0.958. The van der Waals surface area contributed by atoms with Crippen LogP contribution in [0, 0.1) is 0 Å². The summed E-state index contributed by atoms with van der Waals surface area (Å²) in [7, 11) is 0. The Morgan fingerprint density at radius 2 is 1.44 bits per heavy atom. The Labute approximate surface area is 144 Å². The van der Waals surface area contributed by atoms with Gasteiger partial charge in [0.2, 0.25) is 0 Å². The standard InChI is InChI=1S/C21H14N4/c1-3-8-15(9-4-1)18-14-19(16-10-5-2-6-11-16)25-21(23-18)17-12-7-13-22-20(17)24-25/h1-14H. The molecule has 0 saturated heterocycles. The van der Waals surface area contributed by atoms with Crippen LogP contribution in [0.1, 0.15) is 0 Å². The van der Waals surface area contributed by atoms with Gasteiger partial charge >= 0.3 is 0 Å². The van der Waals surface area contributed by atoms with Crippen LogP contribution in [-0.4, -0.2) is 19.6 Å². The van der Waals surface area contributed by atoms with E-state index < -0.39 is 0 Å².